The normalized spacial score (nSPS) is 14.1. The summed E-state index contributed by atoms with van der Waals surface area (Å²) in [4.78, 5) is 0. The Morgan fingerprint density at radius 3 is 2.44 bits per heavy atom. The first-order valence-corrected chi connectivity index (χ1v) is 6.16. The Morgan fingerprint density at radius 1 is 1.00 bits per heavy atom. The van der Waals surface area contributed by atoms with E-state index < -0.39 is 0 Å². The maximum absolute atomic E-state index is 2.20. The van der Waals surface area contributed by atoms with Crippen LogP contribution in [0.25, 0.3) is 5.69 Å². The quantitative estimate of drug-likeness (QED) is 0.798. The minimum absolute atomic E-state index is 0.980. The topological polar surface area (TPSA) is 11.4 Å². The molecule has 0 spiro atoms. The van der Waals surface area contributed by atoms with Gasteiger partial charge < -0.3 is 4.57 Å². The summed E-state index contributed by atoms with van der Waals surface area (Å²) in [5.41, 5.74) is 3.88. The molecule has 18 heavy (non-hydrogen) atoms. The molecule has 3 nitrogen and oxygen atoms in total. The molecule has 2 aromatic rings. The van der Waals surface area contributed by atoms with Gasteiger partial charge in [0.15, 0.2) is 0 Å². The van der Waals surface area contributed by atoms with Crippen molar-refractivity contribution in [2.75, 3.05) is 19.1 Å². The van der Waals surface area contributed by atoms with Crippen molar-refractivity contribution >= 4 is 5.69 Å². The van der Waals surface area contributed by atoms with Crippen molar-refractivity contribution in [3.8, 4) is 5.69 Å². The maximum Gasteiger partial charge on any atom is 0.0628 e. The van der Waals surface area contributed by atoms with Crippen LogP contribution in [0, 0.1) is 0 Å². The van der Waals surface area contributed by atoms with E-state index in [9.17, 15) is 0 Å². The van der Waals surface area contributed by atoms with Gasteiger partial charge in [0, 0.05) is 38.3 Å². The third kappa shape index (κ3) is 1.73. The van der Waals surface area contributed by atoms with Crippen LogP contribution in [0.1, 0.15) is 5.56 Å². The van der Waals surface area contributed by atoms with Crippen LogP contribution in [0.5, 0.6) is 0 Å². The second-order valence-corrected chi connectivity index (χ2v) is 4.65. The molecule has 0 atom stereocenters. The van der Waals surface area contributed by atoms with Gasteiger partial charge >= 0.3 is 0 Å². The van der Waals surface area contributed by atoms with Crippen LogP contribution in [0.2, 0.25) is 0 Å². The predicted molar refractivity (Wildman–Crippen MR) is 74.8 cm³/mol. The van der Waals surface area contributed by atoms with Gasteiger partial charge in [-0.3, -0.25) is 5.01 Å². The van der Waals surface area contributed by atoms with E-state index in [-0.39, 0.29) is 0 Å². The number of hydrazine groups is 1. The third-order valence-electron chi connectivity index (χ3n) is 3.26. The molecule has 0 fully saturated rings. The van der Waals surface area contributed by atoms with E-state index in [4.69, 9.17) is 0 Å². The Bertz CT molecular complexity index is 567. The van der Waals surface area contributed by atoms with Crippen molar-refractivity contribution < 1.29 is 0 Å². The number of anilines is 1. The fourth-order valence-corrected chi connectivity index (χ4v) is 2.42. The molecule has 1 aliphatic heterocycles. The SMILES string of the molecule is CN(C)N1C=CCc2c1cccc2-n1cccc1. The molecular weight excluding hydrogens is 222 g/mol. The molecule has 92 valence electrons. The van der Waals surface area contributed by atoms with E-state index in [1.54, 1.807) is 0 Å². The van der Waals surface area contributed by atoms with Crippen LogP contribution in [0.3, 0.4) is 0 Å². The zero-order valence-electron chi connectivity index (χ0n) is 10.7. The summed E-state index contributed by atoms with van der Waals surface area (Å²) in [7, 11) is 4.11. The molecule has 0 amide bonds. The fourth-order valence-electron chi connectivity index (χ4n) is 2.42. The Hall–Kier alpha value is -2.00. The summed E-state index contributed by atoms with van der Waals surface area (Å²) in [6, 6.07) is 10.6. The number of rotatable bonds is 2. The van der Waals surface area contributed by atoms with Crippen LogP contribution < -0.4 is 5.01 Å². The Morgan fingerprint density at radius 2 is 1.72 bits per heavy atom. The molecule has 0 bridgehead atoms. The van der Waals surface area contributed by atoms with E-state index in [1.807, 2.05) is 0 Å². The predicted octanol–water partition coefficient (Wildman–Crippen LogP) is 2.83. The van der Waals surface area contributed by atoms with Gasteiger partial charge in [0.05, 0.1) is 11.4 Å². The highest BCUT2D eigenvalue weighted by Crippen LogP contribution is 2.31. The van der Waals surface area contributed by atoms with Crippen molar-refractivity contribution in [3.05, 3.63) is 60.6 Å². The summed E-state index contributed by atoms with van der Waals surface area (Å²) < 4.78 is 2.17. The van der Waals surface area contributed by atoms with Crippen LogP contribution in [-0.2, 0) is 6.42 Å². The molecule has 3 rings (SSSR count). The first-order chi connectivity index (χ1) is 8.77. The molecule has 1 aromatic heterocycles. The first kappa shape index (κ1) is 11.1. The second-order valence-electron chi connectivity index (χ2n) is 4.65. The number of nitrogens with zero attached hydrogens (tertiary/aromatic N) is 3. The molecule has 0 aliphatic carbocycles. The summed E-state index contributed by atoms with van der Waals surface area (Å²) in [6.07, 6.45) is 9.49. The smallest absolute Gasteiger partial charge is 0.0628 e. The van der Waals surface area contributed by atoms with Crippen LogP contribution in [0.4, 0.5) is 5.69 Å². The van der Waals surface area contributed by atoms with Crippen molar-refractivity contribution in [2.45, 2.75) is 6.42 Å². The average Bonchev–Trinajstić information content (AvgIpc) is 2.91. The van der Waals surface area contributed by atoms with Gasteiger partial charge in [-0.1, -0.05) is 12.1 Å². The van der Waals surface area contributed by atoms with Gasteiger partial charge in [-0.2, -0.15) is 0 Å². The maximum atomic E-state index is 2.20. The van der Waals surface area contributed by atoms with Crippen molar-refractivity contribution in [3.63, 3.8) is 0 Å². The van der Waals surface area contributed by atoms with Gasteiger partial charge in [0.25, 0.3) is 0 Å². The summed E-state index contributed by atoms with van der Waals surface area (Å²) in [5, 5.41) is 4.26. The molecule has 0 N–H and O–H groups in total. The first-order valence-electron chi connectivity index (χ1n) is 6.16. The van der Waals surface area contributed by atoms with E-state index >= 15 is 0 Å². The van der Waals surface area contributed by atoms with Gasteiger partial charge in [-0.15, -0.1) is 0 Å². The van der Waals surface area contributed by atoms with Crippen molar-refractivity contribution in [1.29, 1.82) is 0 Å². The van der Waals surface area contributed by atoms with E-state index in [0.29, 0.717) is 0 Å². The van der Waals surface area contributed by atoms with Gasteiger partial charge in [-0.25, -0.2) is 5.01 Å². The molecule has 3 heteroatoms. The standard InChI is InChI=1S/C15H17N3/c1-16(2)18-12-6-7-13-14(8-5-9-15(13)18)17-10-3-4-11-17/h3-6,8-12H,7H2,1-2H3. The number of fused-ring (bicyclic) bond motifs is 1. The summed E-state index contributed by atoms with van der Waals surface area (Å²) in [5.74, 6) is 0. The molecule has 2 heterocycles. The number of allylic oxidation sites excluding steroid dienone is 1. The Labute approximate surface area is 108 Å². The van der Waals surface area contributed by atoms with Crippen LogP contribution in [0.15, 0.2) is 55.0 Å². The monoisotopic (exact) mass is 239 g/mol. The molecule has 1 aromatic carbocycles. The third-order valence-corrected chi connectivity index (χ3v) is 3.26. The minimum Gasteiger partial charge on any atom is -0.324 e. The highest BCUT2D eigenvalue weighted by Gasteiger charge is 2.17. The molecule has 0 saturated heterocycles. The lowest BCUT2D eigenvalue weighted by molar-refractivity contribution is 0.410. The summed E-state index contributed by atoms with van der Waals surface area (Å²) >= 11 is 0. The number of aromatic nitrogens is 1. The molecule has 0 saturated carbocycles. The highest BCUT2D eigenvalue weighted by atomic mass is 15.6. The highest BCUT2D eigenvalue weighted by molar-refractivity contribution is 5.65. The van der Waals surface area contributed by atoms with Gasteiger partial charge in [0.1, 0.15) is 0 Å². The Kier molecular flexibility index (Phi) is 2.68. The lowest BCUT2D eigenvalue weighted by atomic mass is 10.0. The zero-order valence-corrected chi connectivity index (χ0v) is 10.7. The second kappa shape index (κ2) is 4.35. The lowest BCUT2D eigenvalue weighted by Gasteiger charge is -2.32. The van der Waals surface area contributed by atoms with Crippen molar-refractivity contribution in [2.24, 2.45) is 0 Å². The lowest BCUT2D eigenvalue weighted by Crippen LogP contribution is -2.34. The van der Waals surface area contributed by atoms with E-state index in [0.717, 1.165) is 6.42 Å². The van der Waals surface area contributed by atoms with Crippen LogP contribution in [-0.4, -0.2) is 23.7 Å². The largest absolute Gasteiger partial charge is 0.324 e. The summed E-state index contributed by atoms with van der Waals surface area (Å²) in [6.45, 7) is 0. The number of hydrogen-bond donors (Lipinski definition) is 0. The van der Waals surface area contributed by atoms with Gasteiger partial charge in [0.2, 0.25) is 0 Å². The Balaban J connectivity index is 2.14. The van der Waals surface area contributed by atoms with E-state index in [2.05, 4.69) is 83.7 Å². The number of benzene rings is 1. The fraction of sp³-hybridized carbons (Fsp3) is 0.200. The zero-order chi connectivity index (χ0) is 12.5. The van der Waals surface area contributed by atoms with Gasteiger partial charge in [-0.05, 0) is 30.7 Å². The number of hydrogen-bond acceptors (Lipinski definition) is 2. The van der Waals surface area contributed by atoms with Crippen molar-refractivity contribution in [1.82, 2.24) is 9.58 Å². The molecule has 1 aliphatic rings. The molecule has 0 unspecified atom stereocenters. The molecular formula is C15H17N3. The van der Waals surface area contributed by atoms with E-state index in [1.165, 1.54) is 16.9 Å². The molecule has 0 radical (unpaired) electrons. The average molecular weight is 239 g/mol. The van der Waals surface area contributed by atoms with Crippen LogP contribution >= 0.6 is 0 Å². The minimum atomic E-state index is 0.980.